The van der Waals surface area contributed by atoms with Crippen LogP contribution in [0.5, 0.6) is 0 Å². The minimum Gasteiger partial charge on any atom is -0.352 e. The van der Waals surface area contributed by atoms with Gasteiger partial charge in [-0.05, 0) is 49.4 Å². The zero-order chi connectivity index (χ0) is 27.3. The molecular weight excluding hydrogens is 526 g/mol. The smallest absolute Gasteiger partial charge is 0.269 e. The first-order valence-electron chi connectivity index (χ1n) is 13.2. The van der Waals surface area contributed by atoms with Gasteiger partial charge in [0.1, 0.15) is 10.9 Å². The molecule has 2 aliphatic rings. The molecule has 0 spiro atoms. The number of hydrogen-bond donors (Lipinski definition) is 1. The maximum Gasteiger partial charge on any atom is 0.269 e. The zero-order valence-corrected chi connectivity index (χ0v) is 23.1. The molecule has 38 heavy (non-hydrogen) atoms. The molecule has 0 bridgehead atoms. The molecule has 8 nitrogen and oxygen atoms in total. The van der Waals surface area contributed by atoms with Crippen molar-refractivity contribution in [3.63, 3.8) is 0 Å². The largest absolute Gasteiger partial charge is 0.352 e. The predicted octanol–water partition coefficient (Wildman–Crippen LogP) is 4.52. The number of nitrogens with zero attached hydrogens (tertiary/aromatic N) is 2. The molecule has 2 aromatic carbocycles. The van der Waals surface area contributed by atoms with Crippen LogP contribution in [0.2, 0.25) is 5.02 Å². The molecule has 1 heterocycles. The Hall–Kier alpha value is -2.91. The van der Waals surface area contributed by atoms with Crippen molar-refractivity contribution in [2.45, 2.75) is 81.8 Å². The molecule has 1 N–H and O–H groups in total. The number of sulfonamides is 1. The van der Waals surface area contributed by atoms with Crippen molar-refractivity contribution in [2.24, 2.45) is 0 Å². The third-order valence-electron chi connectivity index (χ3n) is 7.30. The molecule has 0 unspecified atom stereocenters. The molecule has 204 valence electrons. The van der Waals surface area contributed by atoms with Crippen molar-refractivity contribution in [1.82, 2.24) is 14.5 Å². The standard InChI is InChI=1S/C28H34ClN3O5S/c1-2-24(27(34)30-21-12-4-3-5-13-21)31(19-20-11-6-8-15-23(20)29)26(33)17-10-18-32-28(35)22-14-7-9-16-25(22)38(32,36)37/h6-9,11,14-16,21,24H,2-5,10,12-13,17-19H2,1H3,(H,30,34)/t24-/m1/s1. The lowest BCUT2D eigenvalue weighted by Gasteiger charge is -2.33. The van der Waals surface area contributed by atoms with Gasteiger partial charge in [-0.15, -0.1) is 0 Å². The van der Waals surface area contributed by atoms with E-state index in [0.717, 1.165) is 35.6 Å². The number of benzene rings is 2. The minimum atomic E-state index is -3.94. The lowest BCUT2D eigenvalue weighted by atomic mass is 9.95. The molecule has 0 saturated heterocycles. The third-order valence-corrected chi connectivity index (χ3v) is 9.51. The minimum absolute atomic E-state index is 0.0119. The Morgan fingerprint density at radius 3 is 2.45 bits per heavy atom. The Bertz CT molecular complexity index is 1290. The molecule has 10 heteroatoms. The highest BCUT2D eigenvalue weighted by atomic mass is 35.5. The highest BCUT2D eigenvalue weighted by Crippen LogP contribution is 2.30. The average Bonchev–Trinajstić information content (AvgIpc) is 3.10. The SMILES string of the molecule is CC[C@H](C(=O)NC1CCCCC1)N(Cc1ccccc1Cl)C(=O)CCCN1C(=O)c2ccccc2S1(=O)=O. The summed E-state index contributed by atoms with van der Waals surface area (Å²) < 4.78 is 26.5. The highest BCUT2D eigenvalue weighted by Gasteiger charge is 2.40. The van der Waals surface area contributed by atoms with E-state index in [-0.39, 0.29) is 54.2 Å². The molecule has 4 rings (SSSR count). The molecule has 1 aliphatic heterocycles. The van der Waals surface area contributed by atoms with E-state index in [1.807, 2.05) is 19.1 Å². The fraction of sp³-hybridized carbons (Fsp3) is 0.464. The van der Waals surface area contributed by atoms with Crippen LogP contribution in [0, 0.1) is 0 Å². The predicted molar refractivity (Wildman–Crippen MR) is 145 cm³/mol. The average molecular weight is 560 g/mol. The van der Waals surface area contributed by atoms with E-state index in [0.29, 0.717) is 11.4 Å². The molecular formula is C28H34ClN3O5S. The van der Waals surface area contributed by atoms with E-state index in [2.05, 4.69) is 5.32 Å². The lowest BCUT2D eigenvalue weighted by Crippen LogP contribution is -2.51. The summed E-state index contributed by atoms with van der Waals surface area (Å²) >= 11 is 6.39. The normalized spacial score (nSPS) is 17.6. The maximum atomic E-state index is 13.5. The Balaban J connectivity index is 1.47. The van der Waals surface area contributed by atoms with Gasteiger partial charge in [-0.1, -0.05) is 68.1 Å². The van der Waals surface area contributed by atoms with Crippen LogP contribution in [-0.4, -0.2) is 54.0 Å². The van der Waals surface area contributed by atoms with Crippen LogP contribution in [0.1, 0.15) is 74.2 Å². The van der Waals surface area contributed by atoms with Crippen LogP contribution in [0.25, 0.3) is 0 Å². The third kappa shape index (κ3) is 6.04. The summed E-state index contributed by atoms with van der Waals surface area (Å²) in [4.78, 5) is 41.1. The molecule has 0 aromatic heterocycles. The topological polar surface area (TPSA) is 104 Å². The summed E-state index contributed by atoms with van der Waals surface area (Å²) in [6, 6.07) is 12.7. The van der Waals surface area contributed by atoms with Crippen molar-refractivity contribution in [2.75, 3.05) is 6.54 Å². The van der Waals surface area contributed by atoms with Crippen molar-refractivity contribution in [1.29, 1.82) is 0 Å². The van der Waals surface area contributed by atoms with Crippen LogP contribution in [-0.2, 0) is 26.2 Å². The van der Waals surface area contributed by atoms with Crippen molar-refractivity contribution >= 4 is 39.3 Å². The fourth-order valence-corrected chi connectivity index (χ4v) is 7.05. The number of amides is 3. The van der Waals surface area contributed by atoms with Crippen molar-refractivity contribution < 1.29 is 22.8 Å². The quantitative estimate of drug-likeness (QED) is 0.461. The van der Waals surface area contributed by atoms with Gasteiger partial charge in [-0.25, -0.2) is 12.7 Å². The van der Waals surface area contributed by atoms with Gasteiger partial charge < -0.3 is 10.2 Å². The zero-order valence-electron chi connectivity index (χ0n) is 21.6. The first-order chi connectivity index (χ1) is 18.2. The molecule has 3 amide bonds. The summed E-state index contributed by atoms with van der Waals surface area (Å²) in [6.45, 7) is 1.90. The van der Waals surface area contributed by atoms with Gasteiger partial charge in [0.15, 0.2) is 0 Å². The summed E-state index contributed by atoms with van der Waals surface area (Å²) in [6.07, 6.45) is 5.72. The van der Waals surface area contributed by atoms with Crippen molar-refractivity contribution in [3.05, 3.63) is 64.7 Å². The number of nitrogens with one attached hydrogen (secondary N) is 1. The molecule has 1 fully saturated rings. The van der Waals surface area contributed by atoms with E-state index in [4.69, 9.17) is 11.6 Å². The first kappa shape index (κ1) is 28.1. The Morgan fingerprint density at radius 2 is 1.76 bits per heavy atom. The van der Waals surface area contributed by atoms with Gasteiger partial charge in [-0.2, -0.15) is 0 Å². The highest BCUT2D eigenvalue weighted by molar-refractivity contribution is 7.90. The number of rotatable bonds is 10. The molecule has 0 radical (unpaired) electrons. The van der Waals surface area contributed by atoms with Gasteiger partial charge in [0.25, 0.3) is 15.9 Å². The summed E-state index contributed by atoms with van der Waals surface area (Å²) in [5.74, 6) is -1.07. The summed E-state index contributed by atoms with van der Waals surface area (Å²) in [7, 11) is -3.94. The number of carbonyl (C=O) groups is 3. The number of hydrogen-bond acceptors (Lipinski definition) is 5. The maximum absolute atomic E-state index is 13.5. The Kier molecular flexibility index (Phi) is 9.10. The van der Waals surface area contributed by atoms with Crippen molar-refractivity contribution in [3.8, 4) is 0 Å². The van der Waals surface area contributed by atoms with Crippen LogP contribution >= 0.6 is 11.6 Å². The fourth-order valence-electron chi connectivity index (χ4n) is 5.24. The second kappa shape index (κ2) is 12.3. The van der Waals surface area contributed by atoms with Crippen LogP contribution in [0.15, 0.2) is 53.4 Å². The lowest BCUT2D eigenvalue weighted by molar-refractivity contribution is -0.141. The van der Waals surface area contributed by atoms with Crippen LogP contribution in [0.4, 0.5) is 0 Å². The molecule has 1 saturated carbocycles. The van der Waals surface area contributed by atoms with Gasteiger partial charge >= 0.3 is 0 Å². The molecule has 1 atom stereocenters. The molecule has 2 aromatic rings. The number of carbonyl (C=O) groups excluding carboxylic acids is 3. The van der Waals surface area contributed by atoms with E-state index in [9.17, 15) is 22.8 Å². The van der Waals surface area contributed by atoms with E-state index in [1.165, 1.54) is 23.5 Å². The summed E-state index contributed by atoms with van der Waals surface area (Å²) in [5, 5.41) is 3.63. The second-order valence-electron chi connectivity index (χ2n) is 9.86. The number of halogens is 1. The van der Waals surface area contributed by atoms with Gasteiger partial charge in [0.05, 0.1) is 5.56 Å². The van der Waals surface area contributed by atoms with Crippen LogP contribution in [0.3, 0.4) is 0 Å². The Labute approximate surface area is 229 Å². The second-order valence-corrected chi connectivity index (χ2v) is 12.1. The monoisotopic (exact) mass is 559 g/mol. The van der Waals surface area contributed by atoms with E-state index >= 15 is 0 Å². The van der Waals surface area contributed by atoms with Crippen LogP contribution < -0.4 is 5.32 Å². The molecule has 1 aliphatic carbocycles. The summed E-state index contributed by atoms with van der Waals surface area (Å²) in [5.41, 5.74) is 0.865. The van der Waals surface area contributed by atoms with Gasteiger partial charge in [-0.3, -0.25) is 14.4 Å². The number of fused-ring (bicyclic) bond motifs is 1. The van der Waals surface area contributed by atoms with Gasteiger partial charge in [0.2, 0.25) is 11.8 Å². The van der Waals surface area contributed by atoms with E-state index in [1.54, 1.807) is 24.3 Å². The van der Waals surface area contributed by atoms with E-state index < -0.39 is 22.0 Å². The first-order valence-corrected chi connectivity index (χ1v) is 15.0. The van der Waals surface area contributed by atoms with Gasteiger partial charge in [0, 0.05) is 30.6 Å². The Morgan fingerprint density at radius 1 is 1.08 bits per heavy atom.